The predicted octanol–water partition coefficient (Wildman–Crippen LogP) is 1.04. The van der Waals surface area contributed by atoms with Crippen molar-refractivity contribution >= 4 is 29.0 Å². The van der Waals surface area contributed by atoms with Crippen LogP contribution in [0.4, 0.5) is 0 Å². The Morgan fingerprint density at radius 3 is 3.00 bits per heavy atom. The number of alkyl halides is 1. The number of amides is 1. The van der Waals surface area contributed by atoms with Crippen molar-refractivity contribution in [2.75, 3.05) is 5.88 Å². The standard InChI is InChI=1S/C7H8ClN3OS/c8-4-7(1-2-7)9-6(12)5-3-13-11-10-5/h3H,1-2,4H2,(H,9,12). The fourth-order valence-corrected chi connectivity index (χ4v) is 1.78. The Kier molecular flexibility index (Phi) is 2.21. The Balaban J connectivity index is 2.00. The molecule has 0 spiro atoms. The van der Waals surface area contributed by atoms with Crippen LogP contribution in [-0.4, -0.2) is 26.9 Å². The van der Waals surface area contributed by atoms with Gasteiger partial charge in [-0.15, -0.1) is 16.7 Å². The molecular formula is C7H8ClN3OS. The van der Waals surface area contributed by atoms with Crippen molar-refractivity contribution in [3.05, 3.63) is 11.1 Å². The third-order valence-electron chi connectivity index (χ3n) is 2.08. The molecule has 4 nitrogen and oxygen atoms in total. The van der Waals surface area contributed by atoms with Crippen LogP contribution >= 0.6 is 23.1 Å². The van der Waals surface area contributed by atoms with Crippen molar-refractivity contribution in [2.24, 2.45) is 0 Å². The Labute approximate surface area is 84.5 Å². The van der Waals surface area contributed by atoms with Gasteiger partial charge in [-0.1, -0.05) is 4.49 Å². The van der Waals surface area contributed by atoms with E-state index in [2.05, 4.69) is 14.9 Å². The first-order chi connectivity index (χ1) is 6.26. The molecule has 1 heterocycles. The molecule has 0 atom stereocenters. The van der Waals surface area contributed by atoms with Crippen molar-refractivity contribution in [2.45, 2.75) is 18.4 Å². The van der Waals surface area contributed by atoms with Crippen molar-refractivity contribution in [3.63, 3.8) is 0 Å². The molecule has 1 aliphatic carbocycles. The molecule has 1 aromatic rings. The molecule has 6 heteroatoms. The van der Waals surface area contributed by atoms with Crippen LogP contribution in [0.3, 0.4) is 0 Å². The van der Waals surface area contributed by atoms with Crippen LogP contribution < -0.4 is 5.32 Å². The van der Waals surface area contributed by atoms with Crippen LogP contribution in [-0.2, 0) is 0 Å². The Hall–Kier alpha value is -0.680. The molecule has 0 aromatic carbocycles. The molecule has 13 heavy (non-hydrogen) atoms. The third kappa shape index (κ3) is 1.81. The molecule has 1 aliphatic rings. The molecule has 1 N–H and O–H groups in total. The van der Waals surface area contributed by atoms with E-state index in [1.165, 1.54) is 11.5 Å². The molecule has 0 radical (unpaired) electrons. The summed E-state index contributed by atoms with van der Waals surface area (Å²) >= 11 is 6.88. The summed E-state index contributed by atoms with van der Waals surface area (Å²) in [6.45, 7) is 0. The molecular weight excluding hydrogens is 210 g/mol. The van der Waals surface area contributed by atoms with Crippen molar-refractivity contribution in [3.8, 4) is 0 Å². The van der Waals surface area contributed by atoms with Crippen LogP contribution in [0.15, 0.2) is 5.38 Å². The highest BCUT2D eigenvalue weighted by molar-refractivity contribution is 7.03. The number of nitrogens with one attached hydrogen (secondary N) is 1. The van der Waals surface area contributed by atoms with Gasteiger partial charge in [0.25, 0.3) is 5.91 Å². The van der Waals surface area contributed by atoms with Gasteiger partial charge in [-0.3, -0.25) is 4.79 Å². The molecule has 0 saturated heterocycles. The molecule has 1 aromatic heterocycles. The maximum Gasteiger partial charge on any atom is 0.273 e. The van der Waals surface area contributed by atoms with E-state index in [0.29, 0.717) is 11.6 Å². The number of hydrogen-bond donors (Lipinski definition) is 1. The molecule has 1 amide bonds. The van der Waals surface area contributed by atoms with Gasteiger partial charge < -0.3 is 5.32 Å². The number of halogens is 1. The van der Waals surface area contributed by atoms with Crippen LogP contribution in [0.1, 0.15) is 23.3 Å². The number of hydrogen-bond acceptors (Lipinski definition) is 4. The average molecular weight is 218 g/mol. The van der Waals surface area contributed by atoms with E-state index < -0.39 is 0 Å². The molecule has 70 valence electrons. The second-order valence-electron chi connectivity index (χ2n) is 3.16. The monoisotopic (exact) mass is 217 g/mol. The van der Waals surface area contributed by atoms with Crippen LogP contribution in [0, 0.1) is 0 Å². The Morgan fingerprint density at radius 1 is 1.77 bits per heavy atom. The van der Waals surface area contributed by atoms with E-state index in [1.807, 2.05) is 0 Å². The maximum atomic E-state index is 11.5. The van der Waals surface area contributed by atoms with E-state index in [1.54, 1.807) is 5.38 Å². The minimum Gasteiger partial charge on any atom is -0.344 e. The SMILES string of the molecule is O=C(NC1(CCl)CC1)c1csnn1. The van der Waals surface area contributed by atoms with E-state index in [-0.39, 0.29) is 11.4 Å². The zero-order valence-electron chi connectivity index (χ0n) is 6.79. The lowest BCUT2D eigenvalue weighted by atomic mass is 10.3. The third-order valence-corrected chi connectivity index (χ3v) is 3.10. The Morgan fingerprint density at radius 2 is 2.54 bits per heavy atom. The van der Waals surface area contributed by atoms with Crippen LogP contribution in [0.5, 0.6) is 0 Å². The molecule has 1 fully saturated rings. The van der Waals surface area contributed by atoms with Crippen molar-refractivity contribution < 1.29 is 4.79 Å². The molecule has 2 rings (SSSR count). The van der Waals surface area contributed by atoms with Gasteiger partial charge in [0.1, 0.15) is 0 Å². The Bertz CT molecular complexity index is 310. The van der Waals surface area contributed by atoms with Crippen LogP contribution in [0.2, 0.25) is 0 Å². The van der Waals surface area contributed by atoms with Gasteiger partial charge in [0, 0.05) is 11.3 Å². The quantitative estimate of drug-likeness (QED) is 0.770. The fraction of sp³-hybridized carbons (Fsp3) is 0.571. The number of carbonyl (C=O) groups is 1. The summed E-state index contributed by atoms with van der Waals surface area (Å²) in [6.07, 6.45) is 1.92. The second kappa shape index (κ2) is 3.23. The summed E-state index contributed by atoms with van der Waals surface area (Å²) in [6, 6.07) is 0. The molecule has 0 bridgehead atoms. The summed E-state index contributed by atoms with van der Waals surface area (Å²) in [4.78, 5) is 11.5. The molecule has 0 unspecified atom stereocenters. The summed E-state index contributed by atoms with van der Waals surface area (Å²) in [5.41, 5.74) is 0.212. The lowest BCUT2D eigenvalue weighted by Gasteiger charge is -2.11. The van der Waals surface area contributed by atoms with Gasteiger partial charge in [-0.2, -0.15) is 0 Å². The van der Waals surface area contributed by atoms with Gasteiger partial charge in [-0.05, 0) is 24.4 Å². The number of rotatable bonds is 3. The first-order valence-corrected chi connectivity index (χ1v) is 5.28. The molecule has 0 aliphatic heterocycles. The lowest BCUT2D eigenvalue weighted by Crippen LogP contribution is -2.38. The van der Waals surface area contributed by atoms with Gasteiger partial charge in [0.05, 0.1) is 5.54 Å². The minimum atomic E-state index is -0.174. The highest BCUT2D eigenvalue weighted by atomic mass is 35.5. The second-order valence-corrected chi connectivity index (χ2v) is 4.04. The average Bonchev–Trinajstić information content (AvgIpc) is 2.69. The summed E-state index contributed by atoms with van der Waals surface area (Å²) in [7, 11) is 0. The number of nitrogens with zero attached hydrogens (tertiary/aromatic N) is 2. The zero-order valence-corrected chi connectivity index (χ0v) is 8.36. The maximum absolute atomic E-state index is 11.5. The first kappa shape index (κ1) is 8.90. The van der Waals surface area contributed by atoms with Crippen molar-refractivity contribution in [1.82, 2.24) is 14.9 Å². The highest BCUT2D eigenvalue weighted by Gasteiger charge is 2.43. The topological polar surface area (TPSA) is 54.9 Å². The normalized spacial score (nSPS) is 18.2. The summed E-state index contributed by atoms with van der Waals surface area (Å²) < 4.78 is 3.62. The van der Waals surface area contributed by atoms with Gasteiger partial charge in [-0.25, -0.2) is 0 Å². The minimum absolute atomic E-state index is 0.164. The zero-order chi connectivity index (χ0) is 9.31. The number of carbonyl (C=O) groups excluding carboxylic acids is 1. The van der Waals surface area contributed by atoms with E-state index >= 15 is 0 Å². The van der Waals surface area contributed by atoms with E-state index in [0.717, 1.165) is 12.8 Å². The van der Waals surface area contributed by atoms with Gasteiger partial charge in [0.15, 0.2) is 5.69 Å². The first-order valence-electron chi connectivity index (χ1n) is 3.91. The van der Waals surface area contributed by atoms with Crippen molar-refractivity contribution in [1.29, 1.82) is 0 Å². The molecule has 1 saturated carbocycles. The smallest absolute Gasteiger partial charge is 0.273 e. The highest BCUT2D eigenvalue weighted by Crippen LogP contribution is 2.36. The van der Waals surface area contributed by atoms with E-state index in [9.17, 15) is 4.79 Å². The largest absolute Gasteiger partial charge is 0.344 e. The van der Waals surface area contributed by atoms with E-state index in [4.69, 9.17) is 11.6 Å². The summed E-state index contributed by atoms with van der Waals surface area (Å²) in [5, 5.41) is 8.15. The fourth-order valence-electron chi connectivity index (χ4n) is 1.01. The lowest BCUT2D eigenvalue weighted by molar-refractivity contribution is 0.0931. The number of aromatic nitrogens is 2. The van der Waals surface area contributed by atoms with Crippen LogP contribution in [0.25, 0.3) is 0 Å². The summed E-state index contributed by atoms with van der Waals surface area (Å²) in [5.74, 6) is 0.294. The van der Waals surface area contributed by atoms with Gasteiger partial charge >= 0.3 is 0 Å². The van der Waals surface area contributed by atoms with Gasteiger partial charge in [0.2, 0.25) is 0 Å². The predicted molar refractivity (Wildman–Crippen MR) is 50.1 cm³/mol.